The van der Waals surface area contributed by atoms with Crippen LogP contribution in [0.3, 0.4) is 0 Å². The van der Waals surface area contributed by atoms with Gasteiger partial charge in [-0.1, -0.05) is 30.3 Å². The number of aliphatic imine (C=N–C) groups is 1. The summed E-state index contributed by atoms with van der Waals surface area (Å²) >= 11 is 0. The number of likely N-dealkylation sites (tertiary alicyclic amines) is 1. The van der Waals surface area contributed by atoms with Crippen molar-refractivity contribution >= 4 is 29.9 Å². The van der Waals surface area contributed by atoms with Gasteiger partial charge in [-0.05, 0) is 50.5 Å². The summed E-state index contributed by atoms with van der Waals surface area (Å²) in [5.74, 6) is 2.12. The highest BCUT2D eigenvalue weighted by atomic mass is 127. The molecule has 1 aromatic carbocycles. The standard InChI is InChI=1S/C19H29N3.HI/c1-2-21-15-13-20-19(21)22-14-7-12-18(16-22)11-6-10-17-8-4-3-5-9-17;/h3-5,8-9,18H,2,6-7,10-16H2,1H3;1H. The molecule has 0 spiro atoms. The first-order valence-electron chi connectivity index (χ1n) is 8.95. The van der Waals surface area contributed by atoms with Crippen molar-refractivity contribution in [3.05, 3.63) is 35.9 Å². The Kier molecular flexibility index (Phi) is 7.66. The van der Waals surface area contributed by atoms with Crippen molar-refractivity contribution in [2.75, 3.05) is 32.7 Å². The van der Waals surface area contributed by atoms with Gasteiger partial charge in [0, 0.05) is 26.2 Å². The molecule has 2 aliphatic rings. The molecule has 4 heteroatoms. The third kappa shape index (κ3) is 5.10. The summed E-state index contributed by atoms with van der Waals surface area (Å²) < 4.78 is 0. The minimum Gasteiger partial charge on any atom is -0.343 e. The van der Waals surface area contributed by atoms with Crippen LogP contribution < -0.4 is 0 Å². The summed E-state index contributed by atoms with van der Waals surface area (Å²) in [5.41, 5.74) is 1.48. The van der Waals surface area contributed by atoms with E-state index in [0.717, 1.165) is 25.6 Å². The highest BCUT2D eigenvalue weighted by Gasteiger charge is 2.26. The maximum absolute atomic E-state index is 4.74. The number of rotatable bonds is 5. The molecule has 1 aromatic rings. The maximum Gasteiger partial charge on any atom is 0.196 e. The largest absolute Gasteiger partial charge is 0.343 e. The zero-order chi connectivity index (χ0) is 15.2. The van der Waals surface area contributed by atoms with E-state index in [2.05, 4.69) is 47.1 Å². The molecule has 0 bridgehead atoms. The number of guanidine groups is 1. The Morgan fingerprint density at radius 2 is 2.00 bits per heavy atom. The van der Waals surface area contributed by atoms with Crippen molar-refractivity contribution < 1.29 is 0 Å². The zero-order valence-corrected chi connectivity index (χ0v) is 16.6. The van der Waals surface area contributed by atoms with Crippen molar-refractivity contribution in [3.63, 3.8) is 0 Å². The van der Waals surface area contributed by atoms with Crippen LogP contribution in [-0.4, -0.2) is 48.5 Å². The van der Waals surface area contributed by atoms with Crippen molar-refractivity contribution in [3.8, 4) is 0 Å². The summed E-state index contributed by atoms with van der Waals surface area (Å²) in [6.45, 7) is 7.84. The first kappa shape index (κ1) is 18.6. The third-order valence-corrected chi connectivity index (χ3v) is 5.01. The van der Waals surface area contributed by atoms with E-state index in [-0.39, 0.29) is 24.0 Å². The molecule has 0 saturated carbocycles. The van der Waals surface area contributed by atoms with Crippen LogP contribution in [0.4, 0.5) is 0 Å². The van der Waals surface area contributed by atoms with Crippen molar-refractivity contribution in [1.29, 1.82) is 0 Å². The van der Waals surface area contributed by atoms with Gasteiger partial charge in [-0.15, -0.1) is 24.0 Å². The normalized spacial score (nSPS) is 21.1. The lowest BCUT2D eigenvalue weighted by atomic mass is 9.92. The minimum absolute atomic E-state index is 0. The molecule has 0 radical (unpaired) electrons. The number of likely N-dealkylation sites (N-methyl/N-ethyl adjacent to an activating group) is 1. The molecule has 23 heavy (non-hydrogen) atoms. The number of aryl methyl sites for hydroxylation is 1. The smallest absolute Gasteiger partial charge is 0.196 e. The van der Waals surface area contributed by atoms with Crippen LogP contribution in [0.15, 0.2) is 35.3 Å². The zero-order valence-electron chi connectivity index (χ0n) is 14.3. The van der Waals surface area contributed by atoms with Gasteiger partial charge in [0.2, 0.25) is 0 Å². The van der Waals surface area contributed by atoms with E-state index in [0.29, 0.717) is 0 Å². The molecule has 3 rings (SSSR count). The van der Waals surface area contributed by atoms with E-state index in [1.807, 2.05) is 0 Å². The molecule has 1 saturated heterocycles. The third-order valence-electron chi connectivity index (χ3n) is 5.01. The first-order chi connectivity index (χ1) is 10.9. The average Bonchev–Trinajstić information content (AvgIpc) is 3.05. The SMILES string of the molecule is CCN1CCN=C1N1CCCC(CCCc2ccccc2)C1.I. The second kappa shape index (κ2) is 9.50. The van der Waals surface area contributed by atoms with Gasteiger partial charge < -0.3 is 9.80 Å². The molecule has 2 aliphatic heterocycles. The molecule has 2 heterocycles. The lowest BCUT2D eigenvalue weighted by Crippen LogP contribution is -2.46. The molecule has 1 unspecified atom stereocenters. The highest BCUT2D eigenvalue weighted by molar-refractivity contribution is 14.0. The minimum atomic E-state index is 0. The number of hydrogen-bond acceptors (Lipinski definition) is 3. The van der Waals surface area contributed by atoms with Gasteiger partial charge >= 0.3 is 0 Å². The molecule has 3 nitrogen and oxygen atoms in total. The van der Waals surface area contributed by atoms with Gasteiger partial charge in [0.15, 0.2) is 5.96 Å². The van der Waals surface area contributed by atoms with Crippen LogP contribution in [0, 0.1) is 5.92 Å². The quantitative estimate of drug-likeness (QED) is 0.661. The van der Waals surface area contributed by atoms with Crippen LogP contribution in [0.1, 0.15) is 38.2 Å². The summed E-state index contributed by atoms with van der Waals surface area (Å²) in [7, 11) is 0. The van der Waals surface area contributed by atoms with Crippen molar-refractivity contribution in [1.82, 2.24) is 9.80 Å². The molecular formula is C19H30IN3. The Morgan fingerprint density at radius 3 is 2.78 bits per heavy atom. The van der Waals surface area contributed by atoms with Gasteiger partial charge in [0.25, 0.3) is 0 Å². The van der Waals surface area contributed by atoms with Crippen LogP contribution in [0.5, 0.6) is 0 Å². The predicted octanol–water partition coefficient (Wildman–Crippen LogP) is 4.03. The number of piperidine rings is 1. The second-order valence-electron chi connectivity index (χ2n) is 6.59. The van der Waals surface area contributed by atoms with E-state index in [1.54, 1.807) is 0 Å². The summed E-state index contributed by atoms with van der Waals surface area (Å²) in [6, 6.07) is 10.9. The lowest BCUT2D eigenvalue weighted by Gasteiger charge is -2.37. The van der Waals surface area contributed by atoms with Crippen molar-refractivity contribution in [2.24, 2.45) is 10.9 Å². The van der Waals surface area contributed by atoms with Crippen LogP contribution in [0.2, 0.25) is 0 Å². The van der Waals surface area contributed by atoms with E-state index < -0.39 is 0 Å². The summed E-state index contributed by atoms with van der Waals surface area (Å²) in [6.07, 6.45) is 6.61. The summed E-state index contributed by atoms with van der Waals surface area (Å²) in [5, 5.41) is 0. The highest BCUT2D eigenvalue weighted by Crippen LogP contribution is 2.23. The van der Waals surface area contributed by atoms with Gasteiger partial charge in [0.1, 0.15) is 0 Å². The van der Waals surface area contributed by atoms with Gasteiger partial charge in [-0.2, -0.15) is 0 Å². The summed E-state index contributed by atoms with van der Waals surface area (Å²) in [4.78, 5) is 9.73. The average molecular weight is 427 g/mol. The molecule has 0 N–H and O–H groups in total. The molecule has 128 valence electrons. The fraction of sp³-hybridized carbons (Fsp3) is 0.632. The second-order valence-corrected chi connectivity index (χ2v) is 6.59. The Morgan fingerprint density at radius 1 is 1.17 bits per heavy atom. The Hall–Kier alpha value is -0.780. The monoisotopic (exact) mass is 427 g/mol. The predicted molar refractivity (Wildman–Crippen MR) is 109 cm³/mol. The van der Waals surface area contributed by atoms with E-state index in [1.165, 1.54) is 56.7 Å². The van der Waals surface area contributed by atoms with E-state index in [4.69, 9.17) is 4.99 Å². The van der Waals surface area contributed by atoms with Crippen LogP contribution in [0.25, 0.3) is 0 Å². The molecule has 1 fully saturated rings. The van der Waals surface area contributed by atoms with Gasteiger partial charge in [-0.3, -0.25) is 4.99 Å². The number of hydrogen-bond donors (Lipinski definition) is 0. The number of benzene rings is 1. The fourth-order valence-corrected chi connectivity index (χ4v) is 3.79. The maximum atomic E-state index is 4.74. The molecule has 0 amide bonds. The van der Waals surface area contributed by atoms with Crippen molar-refractivity contribution in [2.45, 2.75) is 39.0 Å². The van der Waals surface area contributed by atoms with E-state index >= 15 is 0 Å². The Labute approximate surface area is 158 Å². The topological polar surface area (TPSA) is 18.8 Å². The fourth-order valence-electron chi connectivity index (χ4n) is 3.79. The molecular weight excluding hydrogens is 397 g/mol. The molecule has 1 atom stereocenters. The van der Waals surface area contributed by atoms with E-state index in [9.17, 15) is 0 Å². The number of halogens is 1. The molecule has 0 aliphatic carbocycles. The van der Waals surface area contributed by atoms with Crippen LogP contribution in [-0.2, 0) is 6.42 Å². The van der Waals surface area contributed by atoms with Gasteiger partial charge in [-0.25, -0.2) is 0 Å². The number of nitrogens with zero attached hydrogens (tertiary/aromatic N) is 3. The van der Waals surface area contributed by atoms with Crippen LogP contribution >= 0.6 is 24.0 Å². The molecule has 0 aromatic heterocycles. The Balaban J connectivity index is 0.00000192. The Bertz CT molecular complexity index is 489. The first-order valence-corrected chi connectivity index (χ1v) is 8.95. The van der Waals surface area contributed by atoms with Gasteiger partial charge in [0.05, 0.1) is 6.54 Å². The lowest BCUT2D eigenvalue weighted by molar-refractivity contribution is 0.224.